The summed E-state index contributed by atoms with van der Waals surface area (Å²) in [7, 11) is 0. The van der Waals surface area contributed by atoms with E-state index in [2.05, 4.69) is 19.1 Å². The lowest BCUT2D eigenvalue weighted by Crippen LogP contribution is -2.04. The Hall–Kier alpha value is -1.15. The predicted molar refractivity (Wildman–Crippen MR) is 76.9 cm³/mol. The molecule has 0 aromatic heterocycles. The zero-order chi connectivity index (χ0) is 13.2. The fourth-order valence-corrected chi connectivity index (χ4v) is 2.02. The van der Waals surface area contributed by atoms with Crippen molar-refractivity contribution in [3.63, 3.8) is 0 Å². The lowest BCUT2D eigenvalue weighted by Gasteiger charge is -2.04. The molecule has 100 valence electrons. The lowest BCUT2D eigenvalue weighted by atomic mass is 10.0. The Labute approximate surface area is 111 Å². The van der Waals surface area contributed by atoms with E-state index in [4.69, 9.17) is 5.73 Å². The molecule has 0 amide bonds. The van der Waals surface area contributed by atoms with Crippen LogP contribution in [0.3, 0.4) is 0 Å². The average Bonchev–Trinajstić information content (AvgIpc) is 2.41. The largest absolute Gasteiger partial charge is 0.330 e. The van der Waals surface area contributed by atoms with E-state index < -0.39 is 0 Å². The molecule has 2 nitrogen and oxygen atoms in total. The fraction of sp³-hybridized carbons (Fsp3) is 0.562. The summed E-state index contributed by atoms with van der Waals surface area (Å²) in [5.74, 6) is 0.206. The molecular formula is C16H25NO. The normalized spacial score (nSPS) is 10.6. The van der Waals surface area contributed by atoms with E-state index in [1.807, 2.05) is 12.1 Å². The van der Waals surface area contributed by atoms with Gasteiger partial charge in [0.15, 0.2) is 5.78 Å². The number of unbranched alkanes of at least 4 members (excludes halogenated alkanes) is 3. The molecule has 0 aliphatic rings. The van der Waals surface area contributed by atoms with Crippen LogP contribution in [-0.2, 0) is 6.42 Å². The quantitative estimate of drug-likeness (QED) is 0.533. The zero-order valence-corrected chi connectivity index (χ0v) is 11.5. The summed E-state index contributed by atoms with van der Waals surface area (Å²) in [4.78, 5) is 11.8. The fourth-order valence-electron chi connectivity index (χ4n) is 2.02. The minimum absolute atomic E-state index is 0.206. The Morgan fingerprint density at radius 3 is 2.39 bits per heavy atom. The molecule has 0 fully saturated rings. The average molecular weight is 247 g/mol. The van der Waals surface area contributed by atoms with Crippen molar-refractivity contribution in [1.82, 2.24) is 0 Å². The van der Waals surface area contributed by atoms with E-state index in [0.29, 0.717) is 13.0 Å². The number of ketones is 1. The molecule has 0 saturated heterocycles. The van der Waals surface area contributed by atoms with Crippen molar-refractivity contribution in [2.75, 3.05) is 6.54 Å². The van der Waals surface area contributed by atoms with Gasteiger partial charge in [0.05, 0.1) is 0 Å². The third-order valence-electron chi connectivity index (χ3n) is 3.20. The second-order valence-corrected chi connectivity index (χ2v) is 4.82. The van der Waals surface area contributed by atoms with Crippen molar-refractivity contribution in [1.29, 1.82) is 0 Å². The van der Waals surface area contributed by atoms with Gasteiger partial charge in [0.2, 0.25) is 0 Å². The van der Waals surface area contributed by atoms with Crippen LogP contribution in [0, 0.1) is 0 Å². The van der Waals surface area contributed by atoms with Crippen molar-refractivity contribution in [3.8, 4) is 0 Å². The van der Waals surface area contributed by atoms with Gasteiger partial charge in [0.25, 0.3) is 0 Å². The number of carbonyl (C=O) groups is 1. The van der Waals surface area contributed by atoms with Gasteiger partial charge in [-0.1, -0.05) is 50.5 Å². The van der Waals surface area contributed by atoms with Crippen LogP contribution in [0.5, 0.6) is 0 Å². The Balaban J connectivity index is 2.39. The Bertz CT molecular complexity index is 343. The molecule has 0 aliphatic carbocycles. The maximum absolute atomic E-state index is 11.8. The van der Waals surface area contributed by atoms with E-state index in [9.17, 15) is 4.79 Å². The van der Waals surface area contributed by atoms with Gasteiger partial charge in [-0.2, -0.15) is 0 Å². The summed E-state index contributed by atoms with van der Waals surface area (Å²) >= 11 is 0. The number of aryl methyl sites for hydroxylation is 1. The first kappa shape index (κ1) is 14.9. The molecule has 2 heteroatoms. The van der Waals surface area contributed by atoms with E-state index in [0.717, 1.165) is 18.4 Å². The number of rotatable bonds is 9. The molecule has 0 aliphatic heterocycles. The summed E-state index contributed by atoms with van der Waals surface area (Å²) in [6.07, 6.45) is 7.59. The van der Waals surface area contributed by atoms with Crippen LogP contribution in [-0.4, -0.2) is 12.3 Å². The molecule has 0 atom stereocenters. The Morgan fingerprint density at radius 2 is 1.78 bits per heavy atom. The number of carbonyl (C=O) groups excluding carboxylic acids is 1. The van der Waals surface area contributed by atoms with Crippen molar-refractivity contribution < 1.29 is 4.79 Å². The maximum Gasteiger partial charge on any atom is 0.162 e. The molecule has 0 bridgehead atoms. The van der Waals surface area contributed by atoms with Gasteiger partial charge in [-0.05, 0) is 31.4 Å². The van der Waals surface area contributed by atoms with Crippen LogP contribution in [0.25, 0.3) is 0 Å². The predicted octanol–water partition coefficient (Wildman–Crippen LogP) is 3.73. The number of hydrogen-bond donors (Lipinski definition) is 1. The molecular weight excluding hydrogens is 222 g/mol. The minimum atomic E-state index is 0.206. The van der Waals surface area contributed by atoms with Crippen LogP contribution in [0.4, 0.5) is 0 Å². The van der Waals surface area contributed by atoms with Crippen molar-refractivity contribution in [3.05, 3.63) is 35.4 Å². The highest BCUT2D eigenvalue weighted by Crippen LogP contribution is 2.11. The second kappa shape index (κ2) is 8.87. The molecule has 0 saturated carbocycles. The molecule has 0 spiro atoms. The van der Waals surface area contributed by atoms with Gasteiger partial charge < -0.3 is 5.73 Å². The van der Waals surface area contributed by atoms with Crippen LogP contribution < -0.4 is 5.73 Å². The summed E-state index contributed by atoms with van der Waals surface area (Å²) in [5.41, 5.74) is 7.56. The molecule has 0 unspecified atom stereocenters. The highest BCUT2D eigenvalue weighted by atomic mass is 16.1. The highest BCUT2D eigenvalue weighted by Gasteiger charge is 2.04. The first-order valence-electron chi connectivity index (χ1n) is 7.10. The Kier molecular flexibility index (Phi) is 7.35. The molecule has 18 heavy (non-hydrogen) atoms. The van der Waals surface area contributed by atoms with E-state index >= 15 is 0 Å². The lowest BCUT2D eigenvalue weighted by molar-refractivity contribution is 0.0981. The van der Waals surface area contributed by atoms with Gasteiger partial charge in [-0.15, -0.1) is 0 Å². The van der Waals surface area contributed by atoms with E-state index in [-0.39, 0.29) is 5.78 Å². The number of nitrogens with two attached hydrogens (primary N) is 1. The van der Waals surface area contributed by atoms with Gasteiger partial charge >= 0.3 is 0 Å². The van der Waals surface area contributed by atoms with Gasteiger partial charge in [0.1, 0.15) is 0 Å². The monoisotopic (exact) mass is 247 g/mol. The topological polar surface area (TPSA) is 43.1 Å². The van der Waals surface area contributed by atoms with Gasteiger partial charge in [0, 0.05) is 12.0 Å². The van der Waals surface area contributed by atoms with Crippen molar-refractivity contribution in [2.45, 2.75) is 51.9 Å². The summed E-state index contributed by atoms with van der Waals surface area (Å²) in [6.45, 7) is 2.81. The van der Waals surface area contributed by atoms with Crippen molar-refractivity contribution in [2.24, 2.45) is 5.73 Å². The number of benzene rings is 1. The standard InChI is InChI=1S/C16H25NO/c1-2-3-4-5-7-14-9-11-15(12-10-14)16(18)8-6-13-17/h9-12H,2-8,13,17H2,1H3. The smallest absolute Gasteiger partial charge is 0.162 e. The third kappa shape index (κ3) is 5.46. The molecule has 0 heterocycles. The Morgan fingerprint density at radius 1 is 1.06 bits per heavy atom. The zero-order valence-electron chi connectivity index (χ0n) is 11.5. The molecule has 2 N–H and O–H groups in total. The summed E-state index contributed by atoms with van der Waals surface area (Å²) in [5, 5.41) is 0. The molecule has 1 aromatic carbocycles. The van der Waals surface area contributed by atoms with Gasteiger partial charge in [-0.3, -0.25) is 4.79 Å². The van der Waals surface area contributed by atoms with Crippen LogP contribution in [0.1, 0.15) is 61.4 Å². The first-order chi connectivity index (χ1) is 8.77. The van der Waals surface area contributed by atoms with Crippen LogP contribution in [0.2, 0.25) is 0 Å². The van der Waals surface area contributed by atoms with Gasteiger partial charge in [-0.25, -0.2) is 0 Å². The minimum Gasteiger partial charge on any atom is -0.330 e. The first-order valence-corrected chi connectivity index (χ1v) is 7.10. The van der Waals surface area contributed by atoms with Crippen LogP contribution in [0.15, 0.2) is 24.3 Å². The van der Waals surface area contributed by atoms with E-state index in [1.165, 1.54) is 31.2 Å². The summed E-state index contributed by atoms with van der Waals surface area (Å²) < 4.78 is 0. The molecule has 1 rings (SSSR count). The van der Waals surface area contributed by atoms with E-state index in [1.54, 1.807) is 0 Å². The van der Waals surface area contributed by atoms with Crippen LogP contribution >= 0.6 is 0 Å². The number of hydrogen-bond acceptors (Lipinski definition) is 2. The summed E-state index contributed by atoms with van der Waals surface area (Å²) in [6, 6.07) is 8.07. The van der Waals surface area contributed by atoms with Crippen molar-refractivity contribution >= 4 is 5.78 Å². The molecule has 1 aromatic rings. The number of Topliss-reactive ketones (excluding diaryl/α,β-unsaturated/α-hetero) is 1. The highest BCUT2D eigenvalue weighted by molar-refractivity contribution is 5.96. The third-order valence-corrected chi connectivity index (χ3v) is 3.20. The molecule has 0 radical (unpaired) electrons. The second-order valence-electron chi connectivity index (χ2n) is 4.82. The SMILES string of the molecule is CCCCCCc1ccc(C(=O)CCCN)cc1. The maximum atomic E-state index is 11.8.